The van der Waals surface area contributed by atoms with Crippen LogP contribution in [0.5, 0.6) is 0 Å². The standard InChI is InChI=1S/C21H22N6O2S/c28-18(25-8-10-26(11-9-25)21(29)15-6-7-15)13-30-20-17-12-24-27(19(17)22-14-23-20)16-4-2-1-3-5-16/h1-5,12,14-15H,6-11,13H2. The molecule has 2 fully saturated rings. The minimum atomic E-state index is 0.0701. The summed E-state index contributed by atoms with van der Waals surface area (Å²) in [6.45, 7) is 2.46. The van der Waals surface area contributed by atoms with Crippen molar-refractivity contribution in [1.29, 1.82) is 0 Å². The lowest BCUT2D eigenvalue weighted by atomic mass is 10.2. The maximum Gasteiger partial charge on any atom is 0.233 e. The van der Waals surface area contributed by atoms with Crippen molar-refractivity contribution < 1.29 is 9.59 Å². The van der Waals surface area contributed by atoms with E-state index in [4.69, 9.17) is 0 Å². The number of carbonyl (C=O) groups excluding carboxylic acids is 2. The highest BCUT2D eigenvalue weighted by Crippen LogP contribution is 2.31. The number of benzene rings is 1. The van der Waals surface area contributed by atoms with Crippen molar-refractivity contribution in [3.63, 3.8) is 0 Å². The minimum absolute atomic E-state index is 0.0701. The van der Waals surface area contributed by atoms with Crippen LogP contribution < -0.4 is 0 Å². The first-order valence-electron chi connectivity index (χ1n) is 10.1. The number of carbonyl (C=O) groups is 2. The molecule has 0 N–H and O–H groups in total. The molecule has 1 aliphatic heterocycles. The summed E-state index contributed by atoms with van der Waals surface area (Å²) in [5.41, 5.74) is 1.65. The van der Waals surface area contributed by atoms with Gasteiger partial charge in [-0.3, -0.25) is 9.59 Å². The van der Waals surface area contributed by atoms with E-state index in [0.717, 1.165) is 34.6 Å². The summed E-state index contributed by atoms with van der Waals surface area (Å²) in [5.74, 6) is 0.870. The van der Waals surface area contributed by atoms with Crippen molar-refractivity contribution in [1.82, 2.24) is 29.5 Å². The topological polar surface area (TPSA) is 84.2 Å². The molecule has 1 aliphatic carbocycles. The molecular weight excluding hydrogens is 400 g/mol. The van der Waals surface area contributed by atoms with Crippen molar-refractivity contribution in [2.75, 3.05) is 31.9 Å². The number of hydrogen-bond acceptors (Lipinski definition) is 6. The SMILES string of the molecule is O=C(CSc1ncnc2c1cnn2-c1ccccc1)N1CCN(C(=O)C2CC2)CC1. The lowest BCUT2D eigenvalue weighted by Crippen LogP contribution is -2.51. The molecule has 9 heteroatoms. The summed E-state index contributed by atoms with van der Waals surface area (Å²) in [6, 6.07) is 9.81. The number of amides is 2. The van der Waals surface area contributed by atoms with E-state index in [-0.39, 0.29) is 17.7 Å². The average Bonchev–Trinajstić information content (AvgIpc) is 3.56. The molecule has 1 saturated heterocycles. The zero-order valence-corrected chi connectivity index (χ0v) is 17.3. The Bertz CT molecular complexity index is 1070. The molecule has 2 amide bonds. The van der Waals surface area contributed by atoms with Crippen molar-refractivity contribution >= 4 is 34.6 Å². The molecule has 1 aromatic carbocycles. The van der Waals surface area contributed by atoms with Crippen LogP contribution in [0.25, 0.3) is 16.7 Å². The van der Waals surface area contributed by atoms with Crippen molar-refractivity contribution in [3.05, 3.63) is 42.9 Å². The van der Waals surface area contributed by atoms with Gasteiger partial charge in [-0.1, -0.05) is 30.0 Å². The Morgan fingerprint density at radius 1 is 1.00 bits per heavy atom. The van der Waals surface area contributed by atoms with Gasteiger partial charge in [0.25, 0.3) is 0 Å². The molecule has 30 heavy (non-hydrogen) atoms. The molecule has 154 valence electrons. The Balaban J connectivity index is 1.23. The van der Waals surface area contributed by atoms with Crippen LogP contribution in [0.2, 0.25) is 0 Å². The van der Waals surface area contributed by atoms with E-state index in [0.29, 0.717) is 31.9 Å². The fraction of sp³-hybridized carbons (Fsp3) is 0.381. The molecule has 8 nitrogen and oxygen atoms in total. The molecule has 3 heterocycles. The maximum atomic E-state index is 12.7. The molecule has 0 atom stereocenters. The lowest BCUT2D eigenvalue weighted by Gasteiger charge is -2.34. The number of piperazine rings is 1. The van der Waals surface area contributed by atoms with E-state index >= 15 is 0 Å². The number of fused-ring (bicyclic) bond motifs is 1. The zero-order valence-electron chi connectivity index (χ0n) is 16.5. The van der Waals surface area contributed by atoms with Gasteiger partial charge < -0.3 is 9.80 Å². The third kappa shape index (κ3) is 3.77. The monoisotopic (exact) mass is 422 g/mol. The Hall–Kier alpha value is -2.94. The van der Waals surface area contributed by atoms with Gasteiger partial charge in [0.2, 0.25) is 11.8 Å². The number of nitrogens with zero attached hydrogens (tertiary/aromatic N) is 6. The average molecular weight is 423 g/mol. The van der Waals surface area contributed by atoms with E-state index < -0.39 is 0 Å². The van der Waals surface area contributed by atoms with E-state index in [1.54, 1.807) is 10.9 Å². The van der Waals surface area contributed by atoms with Gasteiger partial charge in [0, 0.05) is 32.1 Å². The molecule has 0 unspecified atom stereocenters. The van der Waals surface area contributed by atoms with Gasteiger partial charge in [0.1, 0.15) is 11.4 Å². The quantitative estimate of drug-likeness (QED) is 0.462. The number of hydrogen-bond donors (Lipinski definition) is 0. The van der Waals surface area contributed by atoms with Crippen molar-refractivity contribution in [2.24, 2.45) is 5.92 Å². The molecule has 0 radical (unpaired) electrons. The third-order valence-corrected chi connectivity index (χ3v) is 6.52. The smallest absolute Gasteiger partial charge is 0.233 e. The summed E-state index contributed by atoms with van der Waals surface area (Å²) in [7, 11) is 0. The van der Waals surface area contributed by atoms with E-state index in [2.05, 4.69) is 15.1 Å². The zero-order chi connectivity index (χ0) is 20.5. The second-order valence-corrected chi connectivity index (χ2v) is 8.54. The molecule has 0 bridgehead atoms. The molecular formula is C21H22N6O2S. The first-order chi connectivity index (χ1) is 14.7. The van der Waals surface area contributed by atoms with Crippen LogP contribution in [0.15, 0.2) is 47.9 Å². The van der Waals surface area contributed by atoms with Crippen LogP contribution in [-0.4, -0.2) is 73.3 Å². The van der Waals surface area contributed by atoms with Crippen molar-refractivity contribution in [3.8, 4) is 5.69 Å². The molecule has 5 rings (SSSR count). The Morgan fingerprint density at radius 3 is 2.47 bits per heavy atom. The predicted molar refractivity (Wildman–Crippen MR) is 113 cm³/mol. The highest BCUT2D eigenvalue weighted by Gasteiger charge is 2.35. The number of thioether (sulfide) groups is 1. The first kappa shape index (κ1) is 19.0. The molecule has 2 aromatic heterocycles. The number of para-hydroxylation sites is 1. The summed E-state index contributed by atoms with van der Waals surface area (Å²) < 4.78 is 1.78. The van der Waals surface area contributed by atoms with Gasteiger partial charge in [-0.05, 0) is 25.0 Å². The maximum absolute atomic E-state index is 12.7. The van der Waals surface area contributed by atoms with Gasteiger partial charge in [-0.25, -0.2) is 14.6 Å². The van der Waals surface area contributed by atoms with Crippen LogP contribution in [0, 0.1) is 5.92 Å². The van der Waals surface area contributed by atoms with Crippen LogP contribution >= 0.6 is 11.8 Å². The van der Waals surface area contributed by atoms with Gasteiger partial charge in [0.15, 0.2) is 5.65 Å². The summed E-state index contributed by atoms with van der Waals surface area (Å²) >= 11 is 1.41. The Morgan fingerprint density at radius 2 is 1.73 bits per heavy atom. The van der Waals surface area contributed by atoms with Crippen LogP contribution in [0.3, 0.4) is 0 Å². The van der Waals surface area contributed by atoms with Crippen LogP contribution in [0.1, 0.15) is 12.8 Å². The molecule has 1 saturated carbocycles. The summed E-state index contributed by atoms with van der Waals surface area (Å²) in [5, 5.41) is 6.04. The van der Waals surface area contributed by atoms with Crippen LogP contribution in [-0.2, 0) is 9.59 Å². The predicted octanol–water partition coefficient (Wildman–Crippen LogP) is 1.99. The van der Waals surface area contributed by atoms with Crippen molar-refractivity contribution in [2.45, 2.75) is 17.9 Å². The summed E-state index contributed by atoms with van der Waals surface area (Å²) in [6.07, 6.45) is 5.29. The highest BCUT2D eigenvalue weighted by molar-refractivity contribution is 8.00. The highest BCUT2D eigenvalue weighted by atomic mass is 32.2. The number of aromatic nitrogens is 4. The minimum Gasteiger partial charge on any atom is -0.339 e. The van der Waals surface area contributed by atoms with Gasteiger partial charge in [-0.15, -0.1) is 0 Å². The molecule has 0 spiro atoms. The summed E-state index contributed by atoms with van der Waals surface area (Å²) in [4.78, 5) is 37.4. The fourth-order valence-electron chi connectivity index (χ4n) is 3.68. The van der Waals surface area contributed by atoms with E-state index in [1.165, 1.54) is 18.1 Å². The van der Waals surface area contributed by atoms with E-state index in [1.807, 2.05) is 40.1 Å². The normalized spacial score (nSPS) is 16.8. The van der Waals surface area contributed by atoms with Gasteiger partial charge >= 0.3 is 0 Å². The fourth-order valence-corrected chi connectivity index (χ4v) is 4.55. The Kier molecular flexibility index (Phi) is 5.12. The second-order valence-electron chi connectivity index (χ2n) is 7.58. The Labute approximate surface area is 178 Å². The number of rotatable bonds is 5. The van der Waals surface area contributed by atoms with E-state index in [9.17, 15) is 9.59 Å². The second kappa shape index (κ2) is 8.06. The van der Waals surface area contributed by atoms with Gasteiger partial charge in [-0.2, -0.15) is 5.10 Å². The first-order valence-corrected chi connectivity index (χ1v) is 11.1. The largest absolute Gasteiger partial charge is 0.339 e. The molecule has 3 aromatic rings. The van der Waals surface area contributed by atoms with Gasteiger partial charge in [0.05, 0.1) is 23.0 Å². The van der Waals surface area contributed by atoms with Crippen LogP contribution in [0.4, 0.5) is 0 Å². The lowest BCUT2D eigenvalue weighted by molar-refractivity contribution is -0.139. The molecule has 2 aliphatic rings. The third-order valence-electron chi connectivity index (χ3n) is 5.53.